The molecule has 0 saturated carbocycles. The number of carboxylic acid groups (broad SMARTS) is 1. The molecule has 2 heterocycles. The third kappa shape index (κ3) is 4.16. The number of nitrogens with zero attached hydrogens (tertiary/aromatic N) is 2. The molecule has 1 aromatic carbocycles. The fraction of sp³-hybridized carbons (Fsp3) is 0.524. The van der Waals surface area contributed by atoms with Crippen LogP contribution < -0.4 is 0 Å². The molecule has 1 N–H and O–H groups in total. The predicted octanol–water partition coefficient (Wildman–Crippen LogP) is 2.99. The van der Waals surface area contributed by atoms with Crippen molar-refractivity contribution in [1.82, 2.24) is 9.80 Å². The van der Waals surface area contributed by atoms with E-state index in [1.807, 2.05) is 29.7 Å². The van der Waals surface area contributed by atoms with Gasteiger partial charge in [-0.3, -0.25) is 14.5 Å². The summed E-state index contributed by atoms with van der Waals surface area (Å²) in [7, 11) is 0. The van der Waals surface area contributed by atoms with Crippen LogP contribution in [0.2, 0.25) is 0 Å². The molecule has 6 heteroatoms. The van der Waals surface area contributed by atoms with Crippen LogP contribution in [0.15, 0.2) is 22.8 Å². The lowest BCUT2D eigenvalue weighted by Crippen LogP contribution is -2.48. The minimum Gasteiger partial charge on any atom is -0.480 e. The number of carboxylic acids is 1. The molecule has 1 aliphatic heterocycles. The Kier molecular flexibility index (Phi) is 5.85. The highest BCUT2D eigenvalue weighted by Crippen LogP contribution is 2.27. The number of hydrogen-bond donors (Lipinski definition) is 1. The van der Waals surface area contributed by atoms with Gasteiger partial charge >= 0.3 is 5.97 Å². The van der Waals surface area contributed by atoms with Gasteiger partial charge in [-0.2, -0.15) is 0 Å². The molecule has 0 aliphatic carbocycles. The SMILES string of the molecule is CCN(CC(=O)O)C1CCN(C(=O)Cc2coc3c(C)c(C)ccc23)CC1. The first kappa shape index (κ1) is 19.4. The summed E-state index contributed by atoms with van der Waals surface area (Å²) in [6, 6.07) is 4.32. The number of amides is 1. The fourth-order valence-corrected chi connectivity index (χ4v) is 3.95. The quantitative estimate of drug-likeness (QED) is 0.844. The number of likely N-dealkylation sites (N-methyl/N-ethyl adjacent to an activating group) is 1. The van der Waals surface area contributed by atoms with Gasteiger partial charge in [-0.25, -0.2) is 0 Å². The molecule has 1 saturated heterocycles. The Labute approximate surface area is 159 Å². The zero-order valence-corrected chi connectivity index (χ0v) is 16.3. The first-order valence-corrected chi connectivity index (χ1v) is 9.60. The lowest BCUT2D eigenvalue weighted by molar-refractivity contribution is -0.140. The number of benzene rings is 1. The van der Waals surface area contributed by atoms with Gasteiger partial charge < -0.3 is 14.4 Å². The summed E-state index contributed by atoms with van der Waals surface area (Å²) in [6.45, 7) is 8.19. The Morgan fingerprint density at radius 1 is 1.26 bits per heavy atom. The van der Waals surface area contributed by atoms with E-state index < -0.39 is 5.97 Å². The largest absolute Gasteiger partial charge is 0.480 e. The zero-order valence-electron chi connectivity index (χ0n) is 16.3. The third-order valence-electron chi connectivity index (χ3n) is 5.76. The van der Waals surface area contributed by atoms with E-state index in [4.69, 9.17) is 9.52 Å². The second kappa shape index (κ2) is 8.13. The summed E-state index contributed by atoms with van der Waals surface area (Å²) in [5.74, 6) is -0.691. The van der Waals surface area contributed by atoms with Crippen molar-refractivity contribution in [2.75, 3.05) is 26.2 Å². The molecule has 0 bridgehead atoms. The van der Waals surface area contributed by atoms with Gasteiger partial charge in [0.25, 0.3) is 0 Å². The molecule has 0 unspecified atom stereocenters. The summed E-state index contributed by atoms with van der Waals surface area (Å²) >= 11 is 0. The molecule has 1 fully saturated rings. The van der Waals surface area contributed by atoms with Crippen LogP contribution in [0.1, 0.15) is 36.5 Å². The van der Waals surface area contributed by atoms with Crippen molar-refractivity contribution in [2.24, 2.45) is 0 Å². The standard InChI is InChI=1S/C21H28N2O4/c1-4-22(12-20(25)26)17-7-9-23(10-8-17)19(24)11-16-13-27-21-15(3)14(2)5-6-18(16)21/h5-6,13,17H,4,7-12H2,1-3H3,(H,25,26). The molecule has 3 rings (SSSR count). The van der Waals surface area contributed by atoms with Crippen molar-refractivity contribution >= 4 is 22.8 Å². The molecule has 0 atom stereocenters. The number of likely N-dealkylation sites (tertiary alicyclic amines) is 1. The van der Waals surface area contributed by atoms with Crippen molar-refractivity contribution < 1.29 is 19.1 Å². The second-order valence-electron chi connectivity index (χ2n) is 7.39. The highest BCUT2D eigenvalue weighted by Gasteiger charge is 2.27. The maximum absolute atomic E-state index is 12.8. The Bertz CT molecular complexity index is 834. The van der Waals surface area contributed by atoms with Crippen LogP contribution in [-0.4, -0.2) is 59.0 Å². The monoisotopic (exact) mass is 372 g/mol. The van der Waals surface area contributed by atoms with Crippen molar-refractivity contribution in [3.05, 3.63) is 35.1 Å². The number of carbonyl (C=O) groups excluding carboxylic acids is 1. The number of piperidine rings is 1. The van der Waals surface area contributed by atoms with E-state index in [0.717, 1.165) is 34.9 Å². The number of hydrogen-bond acceptors (Lipinski definition) is 4. The maximum atomic E-state index is 12.8. The average Bonchev–Trinajstić information content (AvgIpc) is 3.06. The van der Waals surface area contributed by atoms with Gasteiger partial charge in [-0.05, 0) is 44.4 Å². The lowest BCUT2D eigenvalue weighted by Gasteiger charge is -2.37. The van der Waals surface area contributed by atoms with Crippen molar-refractivity contribution in [3.63, 3.8) is 0 Å². The van der Waals surface area contributed by atoms with Gasteiger partial charge in [0.2, 0.25) is 5.91 Å². The molecule has 27 heavy (non-hydrogen) atoms. The molecule has 1 aromatic heterocycles. The number of furan rings is 1. The molecular weight excluding hydrogens is 344 g/mol. The number of carbonyl (C=O) groups is 2. The molecule has 146 valence electrons. The Hall–Kier alpha value is -2.34. The second-order valence-corrected chi connectivity index (χ2v) is 7.39. The maximum Gasteiger partial charge on any atom is 0.317 e. The summed E-state index contributed by atoms with van der Waals surface area (Å²) in [5, 5.41) is 10.1. The number of fused-ring (bicyclic) bond motifs is 1. The smallest absolute Gasteiger partial charge is 0.317 e. The Morgan fingerprint density at radius 3 is 2.59 bits per heavy atom. The van der Waals surface area contributed by atoms with Crippen LogP contribution in [0.5, 0.6) is 0 Å². The van der Waals surface area contributed by atoms with Crippen LogP contribution in [0.3, 0.4) is 0 Å². The molecule has 0 radical (unpaired) electrons. The van der Waals surface area contributed by atoms with Crippen molar-refractivity contribution in [1.29, 1.82) is 0 Å². The van der Waals surface area contributed by atoms with Crippen LogP contribution in [-0.2, 0) is 16.0 Å². The third-order valence-corrected chi connectivity index (χ3v) is 5.76. The highest BCUT2D eigenvalue weighted by atomic mass is 16.4. The van der Waals surface area contributed by atoms with Crippen LogP contribution in [0, 0.1) is 13.8 Å². The summed E-state index contributed by atoms with van der Waals surface area (Å²) < 4.78 is 5.72. The average molecular weight is 372 g/mol. The number of rotatable bonds is 6. The van der Waals surface area contributed by atoms with Gasteiger partial charge in [0.05, 0.1) is 19.2 Å². The highest BCUT2D eigenvalue weighted by molar-refractivity contribution is 5.89. The Balaban J connectivity index is 1.62. The van der Waals surface area contributed by atoms with E-state index in [2.05, 4.69) is 13.0 Å². The predicted molar refractivity (Wildman–Crippen MR) is 104 cm³/mol. The lowest BCUT2D eigenvalue weighted by atomic mass is 10.0. The van der Waals surface area contributed by atoms with Crippen LogP contribution in [0.25, 0.3) is 11.0 Å². The van der Waals surface area contributed by atoms with E-state index >= 15 is 0 Å². The normalized spacial score (nSPS) is 15.6. The van der Waals surface area contributed by atoms with Gasteiger partial charge in [0.1, 0.15) is 5.58 Å². The fourth-order valence-electron chi connectivity index (χ4n) is 3.95. The molecule has 1 amide bonds. The summed E-state index contributed by atoms with van der Waals surface area (Å²) in [5.41, 5.74) is 4.09. The molecule has 0 spiro atoms. The summed E-state index contributed by atoms with van der Waals surface area (Å²) in [6.07, 6.45) is 3.68. The van der Waals surface area contributed by atoms with Crippen LogP contribution >= 0.6 is 0 Å². The zero-order chi connectivity index (χ0) is 19.6. The van der Waals surface area contributed by atoms with E-state index in [1.165, 1.54) is 5.56 Å². The molecule has 1 aliphatic rings. The minimum atomic E-state index is -0.798. The first-order chi connectivity index (χ1) is 12.9. The van der Waals surface area contributed by atoms with Gasteiger partial charge in [-0.1, -0.05) is 19.1 Å². The van der Waals surface area contributed by atoms with E-state index in [9.17, 15) is 9.59 Å². The van der Waals surface area contributed by atoms with Gasteiger partial charge in [0.15, 0.2) is 0 Å². The van der Waals surface area contributed by atoms with Crippen molar-refractivity contribution in [3.8, 4) is 0 Å². The molecular formula is C21H28N2O4. The van der Waals surface area contributed by atoms with Crippen LogP contribution in [0.4, 0.5) is 0 Å². The molecule has 2 aromatic rings. The number of aryl methyl sites for hydroxylation is 2. The van der Waals surface area contributed by atoms with E-state index in [0.29, 0.717) is 26.1 Å². The van der Waals surface area contributed by atoms with Gasteiger partial charge in [0, 0.05) is 30.1 Å². The first-order valence-electron chi connectivity index (χ1n) is 9.60. The summed E-state index contributed by atoms with van der Waals surface area (Å²) in [4.78, 5) is 27.6. The van der Waals surface area contributed by atoms with E-state index in [1.54, 1.807) is 6.26 Å². The molecule has 6 nitrogen and oxygen atoms in total. The minimum absolute atomic E-state index is 0.0644. The number of aliphatic carboxylic acids is 1. The van der Waals surface area contributed by atoms with Crippen molar-refractivity contribution in [2.45, 2.75) is 46.1 Å². The van der Waals surface area contributed by atoms with E-state index in [-0.39, 0.29) is 18.5 Å². The van der Waals surface area contributed by atoms with Gasteiger partial charge in [-0.15, -0.1) is 0 Å². The Morgan fingerprint density at radius 2 is 1.96 bits per heavy atom. The topological polar surface area (TPSA) is 74.0 Å².